The molecule has 2 rings (SSSR count). The van der Waals surface area contributed by atoms with Crippen molar-refractivity contribution in [1.29, 1.82) is 0 Å². The van der Waals surface area contributed by atoms with Crippen molar-refractivity contribution < 1.29 is 9.90 Å². The summed E-state index contributed by atoms with van der Waals surface area (Å²) in [4.78, 5) is 10.6. The third-order valence-corrected chi connectivity index (χ3v) is 2.91. The molecule has 3 atom stereocenters. The first kappa shape index (κ1) is 9.81. The smallest absolute Gasteiger partial charge is 0.320 e. The molecule has 12 heavy (non-hydrogen) atoms. The number of hydrogen-bond acceptors (Lipinski definition) is 2. The summed E-state index contributed by atoms with van der Waals surface area (Å²) >= 11 is 0. The van der Waals surface area contributed by atoms with Gasteiger partial charge in [-0.15, -0.1) is 12.4 Å². The van der Waals surface area contributed by atoms with Crippen LogP contribution >= 0.6 is 12.4 Å². The molecule has 3 nitrogen and oxygen atoms in total. The highest BCUT2D eigenvalue weighted by atomic mass is 35.5. The number of aliphatic carboxylic acids is 1. The summed E-state index contributed by atoms with van der Waals surface area (Å²) in [6.45, 7) is 0. The van der Waals surface area contributed by atoms with Crippen molar-refractivity contribution in [3.8, 4) is 0 Å². The Kier molecular flexibility index (Phi) is 2.96. The fourth-order valence-electron chi connectivity index (χ4n) is 2.34. The maximum absolute atomic E-state index is 10.6. The van der Waals surface area contributed by atoms with Crippen LogP contribution in [0.15, 0.2) is 0 Å². The van der Waals surface area contributed by atoms with Crippen LogP contribution in [0.3, 0.4) is 0 Å². The number of hydrogen-bond donors (Lipinski definition) is 2. The van der Waals surface area contributed by atoms with E-state index in [1.165, 1.54) is 19.3 Å². The second kappa shape index (κ2) is 3.62. The number of halogens is 1. The second-order valence-electron chi connectivity index (χ2n) is 3.59. The maximum atomic E-state index is 10.6. The minimum Gasteiger partial charge on any atom is -0.480 e. The van der Waals surface area contributed by atoms with Gasteiger partial charge >= 0.3 is 5.97 Å². The molecular formula is C8H14ClNO2. The number of carboxylic acids is 1. The van der Waals surface area contributed by atoms with Crippen LogP contribution in [-0.2, 0) is 4.79 Å². The van der Waals surface area contributed by atoms with Gasteiger partial charge in [0.1, 0.15) is 6.04 Å². The zero-order valence-corrected chi connectivity index (χ0v) is 7.64. The van der Waals surface area contributed by atoms with Gasteiger partial charge < -0.3 is 10.4 Å². The van der Waals surface area contributed by atoms with Crippen molar-refractivity contribution in [2.24, 2.45) is 5.92 Å². The van der Waals surface area contributed by atoms with E-state index in [-0.39, 0.29) is 18.4 Å². The van der Waals surface area contributed by atoms with E-state index in [9.17, 15) is 4.79 Å². The average Bonchev–Trinajstić information content (AvgIpc) is 2.40. The summed E-state index contributed by atoms with van der Waals surface area (Å²) in [6, 6.07) is 0.251. The molecule has 1 saturated heterocycles. The lowest BCUT2D eigenvalue weighted by atomic mass is 10.0. The normalized spacial score (nSPS) is 38.8. The van der Waals surface area contributed by atoms with Crippen LogP contribution in [0.25, 0.3) is 0 Å². The van der Waals surface area contributed by atoms with Gasteiger partial charge in [0.15, 0.2) is 0 Å². The predicted molar refractivity (Wildman–Crippen MR) is 47.6 cm³/mol. The largest absolute Gasteiger partial charge is 0.480 e. The highest BCUT2D eigenvalue weighted by Crippen LogP contribution is 2.34. The Morgan fingerprint density at radius 2 is 2.17 bits per heavy atom. The quantitative estimate of drug-likeness (QED) is 0.651. The highest BCUT2D eigenvalue weighted by molar-refractivity contribution is 5.85. The van der Waals surface area contributed by atoms with Crippen LogP contribution in [-0.4, -0.2) is 23.2 Å². The van der Waals surface area contributed by atoms with E-state index < -0.39 is 5.97 Å². The van der Waals surface area contributed by atoms with Crippen LogP contribution in [0.2, 0.25) is 0 Å². The van der Waals surface area contributed by atoms with Crippen molar-refractivity contribution in [1.82, 2.24) is 5.32 Å². The zero-order chi connectivity index (χ0) is 7.84. The highest BCUT2D eigenvalue weighted by Gasteiger charge is 2.39. The number of carboxylic acid groups (broad SMARTS) is 1. The summed E-state index contributed by atoms with van der Waals surface area (Å²) in [6.07, 6.45) is 4.52. The van der Waals surface area contributed by atoms with E-state index in [2.05, 4.69) is 5.32 Å². The molecule has 2 aliphatic rings. The SMILES string of the molecule is Cl.O=C(O)C1C[C@@H]2CCC[C@@H]2N1. The minimum atomic E-state index is -0.681. The van der Waals surface area contributed by atoms with E-state index >= 15 is 0 Å². The molecule has 70 valence electrons. The fraction of sp³-hybridized carbons (Fsp3) is 0.875. The molecule has 0 aromatic rings. The molecule has 1 unspecified atom stereocenters. The first-order chi connectivity index (χ1) is 5.27. The predicted octanol–water partition coefficient (Wildman–Crippen LogP) is 1.02. The molecule has 4 heteroatoms. The Hall–Kier alpha value is -0.280. The number of carbonyl (C=O) groups is 1. The summed E-state index contributed by atoms with van der Waals surface area (Å²) in [7, 11) is 0. The monoisotopic (exact) mass is 191 g/mol. The van der Waals surface area contributed by atoms with Gasteiger partial charge in [0, 0.05) is 6.04 Å². The van der Waals surface area contributed by atoms with Crippen molar-refractivity contribution >= 4 is 18.4 Å². The zero-order valence-electron chi connectivity index (χ0n) is 6.82. The molecule has 0 radical (unpaired) electrons. The van der Waals surface area contributed by atoms with E-state index in [1.807, 2.05) is 0 Å². The molecule has 0 aromatic carbocycles. The van der Waals surface area contributed by atoms with Crippen molar-refractivity contribution in [2.75, 3.05) is 0 Å². The third kappa shape index (κ3) is 1.57. The Morgan fingerprint density at radius 1 is 1.42 bits per heavy atom. The number of rotatable bonds is 1. The van der Waals surface area contributed by atoms with Crippen LogP contribution < -0.4 is 5.32 Å². The van der Waals surface area contributed by atoms with Gasteiger partial charge in [0.25, 0.3) is 0 Å². The van der Waals surface area contributed by atoms with E-state index in [0.29, 0.717) is 12.0 Å². The molecule has 0 aromatic heterocycles. The molecule has 0 bridgehead atoms. The van der Waals surface area contributed by atoms with Crippen molar-refractivity contribution in [2.45, 2.75) is 37.8 Å². The van der Waals surface area contributed by atoms with E-state index in [0.717, 1.165) is 6.42 Å². The molecule has 1 saturated carbocycles. The van der Waals surface area contributed by atoms with Gasteiger partial charge in [-0.05, 0) is 25.2 Å². The van der Waals surface area contributed by atoms with Gasteiger partial charge in [-0.3, -0.25) is 4.79 Å². The van der Waals surface area contributed by atoms with Gasteiger partial charge in [-0.2, -0.15) is 0 Å². The van der Waals surface area contributed by atoms with Gasteiger partial charge in [-0.1, -0.05) is 6.42 Å². The van der Waals surface area contributed by atoms with Crippen LogP contribution in [0, 0.1) is 5.92 Å². The molecule has 0 spiro atoms. The molecule has 1 aliphatic heterocycles. The van der Waals surface area contributed by atoms with E-state index in [1.54, 1.807) is 0 Å². The fourth-order valence-corrected chi connectivity index (χ4v) is 2.34. The van der Waals surface area contributed by atoms with E-state index in [4.69, 9.17) is 5.11 Å². The minimum absolute atomic E-state index is 0. The van der Waals surface area contributed by atoms with Crippen LogP contribution in [0.5, 0.6) is 0 Å². The Morgan fingerprint density at radius 3 is 2.75 bits per heavy atom. The summed E-state index contributed by atoms with van der Waals surface area (Å²) in [5, 5.41) is 11.9. The maximum Gasteiger partial charge on any atom is 0.320 e. The topological polar surface area (TPSA) is 49.3 Å². The lowest BCUT2D eigenvalue weighted by Gasteiger charge is -2.07. The van der Waals surface area contributed by atoms with Crippen LogP contribution in [0.4, 0.5) is 0 Å². The lowest BCUT2D eigenvalue weighted by Crippen LogP contribution is -2.34. The van der Waals surface area contributed by atoms with Gasteiger partial charge in [0.05, 0.1) is 0 Å². The summed E-state index contributed by atoms with van der Waals surface area (Å²) in [5.41, 5.74) is 0. The molecule has 1 aliphatic carbocycles. The summed E-state index contributed by atoms with van der Waals surface area (Å²) in [5.74, 6) is -0.0319. The van der Waals surface area contributed by atoms with Crippen LogP contribution in [0.1, 0.15) is 25.7 Å². The Bertz CT molecular complexity index is 174. The first-order valence-corrected chi connectivity index (χ1v) is 4.26. The number of fused-ring (bicyclic) bond motifs is 1. The number of nitrogens with one attached hydrogen (secondary N) is 1. The lowest BCUT2D eigenvalue weighted by molar-refractivity contribution is -0.139. The molecule has 2 N–H and O–H groups in total. The van der Waals surface area contributed by atoms with Crippen molar-refractivity contribution in [3.05, 3.63) is 0 Å². The van der Waals surface area contributed by atoms with Gasteiger partial charge in [-0.25, -0.2) is 0 Å². The Labute approximate surface area is 77.9 Å². The molecule has 0 amide bonds. The standard InChI is InChI=1S/C8H13NO2.ClH/c10-8(11)7-4-5-2-1-3-6(5)9-7;/h5-7,9H,1-4H2,(H,10,11);1H/t5-,6-,7?;/m0./s1. The van der Waals surface area contributed by atoms with Crippen molar-refractivity contribution in [3.63, 3.8) is 0 Å². The molecule has 1 heterocycles. The first-order valence-electron chi connectivity index (χ1n) is 4.26. The molecular weight excluding hydrogens is 178 g/mol. The second-order valence-corrected chi connectivity index (χ2v) is 3.59. The molecule has 2 fully saturated rings. The average molecular weight is 192 g/mol. The Balaban J connectivity index is 0.000000720. The summed E-state index contributed by atoms with van der Waals surface area (Å²) < 4.78 is 0. The van der Waals surface area contributed by atoms with Gasteiger partial charge in [0.2, 0.25) is 0 Å². The third-order valence-electron chi connectivity index (χ3n) is 2.91.